The topological polar surface area (TPSA) is 87.6 Å². The van der Waals surface area contributed by atoms with Gasteiger partial charge >= 0.3 is 5.97 Å². The lowest BCUT2D eigenvalue weighted by molar-refractivity contribution is -0.148. The van der Waals surface area contributed by atoms with Crippen molar-refractivity contribution in [1.29, 1.82) is 0 Å². The molecule has 2 rings (SSSR count). The van der Waals surface area contributed by atoms with E-state index in [4.69, 9.17) is 0 Å². The number of pyridine rings is 1. The van der Waals surface area contributed by atoms with E-state index in [9.17, 15) is 18.3 Å². The molecule has 6 nitrogen and oxygen atoms in total. The summed E-state index contributed by atoms with van der Waals surface area (Å²) in [4.78, 5) is 15.5. The molecule has 1 fully saturated rings. The van der Waals surface area contributed by atoms with Crippen molar-refractivity contribution in [1.82, 2.24) is 9.29 Å². The highest BCUT2D eigenvalue weighted by Crippen LogP contribution is 2.35. The smallest absolute Gasteiger partial charge is 0.311 e. The summed E-state index contributed by atoms with van der Waals surface area (Å²) in [7, 11) is -3.44. The molecule has 1 atom stereocenters. The molecule has 1 aromatic heterocycles. The van der Waals surface area contributed by atoms with E-state index < -0.39 is 21.4 Å². The van der Waals surface area contributed by atoms with Crippen LogP contribution in [0.5, 0.6) is 0 Å². The van der Waals surface area contributed by atoms with Gasteiger partial charge in [-0.25, -0.2) is 12.7 Å². The third kappa shape index (κ3) is 3.41. The zero-order valence-electron chi connectivity index (χ0n) is 12.0. The Morgan fingerprint density at radius 1 is 1.48 bits per heavy atom. The second kappa shape index (κ2) is 6.11. The summed E-state index contributed by atoms with van der Waals surface area (Å²) in [5.74, 6) is -0.948. The summed E-state index contributed by atoms with van der Waals surface area (Å²) in [6, 6.07) is 5.38. The van der Waals surface area contributed by atoms with Gasteiger partial charge in [0.05, 0.1) is 11.2 Å². The fraction of sp³-hybridized carbons (Fsp3) is 0.571. The van der Waals surface area contributed by atoms with Crippen LogP contribution in [0.15, 0.2) is 24.4 Å². The van der Waals surface area contributed by atoms with E-state index in [1.54, 1.807) is 25.3 Å². The van der Waals surface area contributed by atoms with E-state index in [-0.39, 0.29) is 18.8 Å². The summed E-state index contributed by atoms with van der Waals surface area (Å²) in [6.07, 6.45) is 2.78. The molecule has 0 saturated carbocycles. The summed E-state index contributed by atoms with van der Waals surface area (Å²) in [5.41, 5.74) is -0.210. The molecular formula is C14H20N2O4S. The Labute approximate surface area is 124 Å². The van der Waals surface area contributed by atoms with Crippen molar-refractivity contribution in [3.63, 3.8) is 0 Å². The van der Waals surface area contributed by atoms with Gasteiger partial charge in [-0.1, -0.05) is 13.0 Å². The van der Waals surface area contributed by atoms with E-state index in [1.807, 2.05) is 6.07 Å². The highest BCUT2D eigenvalue weighted by molar-refractivity contribution is 7.89. The van der Waals surface area contributed by atoms with Gasteiger partial charge in [-0.05, 0) is 25.0 Å². The molecule has 1 saturated heterocycles. The average molecular weight is 312 g/mol. The molecule has 2 heterocycles. The first-order valence-corrected chi connectivity index (χ1v) is 8.62. The van der Waals surface area contributed by atoms with E-state index in [0.29, 0.717) is 19.3 Å². The zero-order valence-corrected chi connectivity index (χ0v) is 12.8. The van der Waals surface area contributed by atoms with Crippen molar-refractivity contribution < 1.29 is 18.3 Å². The van der Waals surface area contributed by atoms with Gasteiger partial charge < -0.3 is 5.11 Å². The van der Waals surface area contributed by atoms with Crippen LogP contribution >= 0.6 is 0 Å². The first-order valence-electron chi connectivity index (χ1n) is 7.01. The van der Waals surface area contributed by atoms with Gasteiger partial charge in [0.1, 0.15) is 0 Å². The number of carboxylic acid groups (broad SMARTS) is 1. The number of aromatic nitrogens is 1. The maximum absolute atomic E-state index is 12.3. The second-order valence-electron chi connectivity index (χ2n) is 5.41. The van der Waals surface area contributed by atoms with Crippen molar-refractivity contribution in [2.24, 2.45) is 5.41 Å². The monoisotopic (exact) mass is 312 g/mol. The van der Waals surface area contributed by atoms with Crippen molar-refractivity contribution >= 4 is 16.0 Å². The molecule has 1 unspecified atom stereocenters. The zero-order chi connectivity index (χ0) is 15.5. The predicted octanol–water partition coefficient (Wildman–Crippen LogP) is 1.14. The maximum Gasteiger partial charge on any atom is 0.311 e. The summed E-state index contributed by atoms with van der Waals surface area (Å²) in [5, 5.41) is 9.32. The molecule has 0 aliphatic carbocycles. The lowest BCUT2D eigenvalue weighted by atomic mass is 9.85. The van der Waals surface area contributed by atoms with E-state index >= 15 is 0 Å². The van der Waals surface area contributed by atoms with E-state index in [0.717, 1.165) is 5.69 Å². The number of aliphatic carboxylic acids is 1. The minimum atomic E-state index is -3.44. The standard InChI is InChI=1S/C14H20N2O4S/c1-2-14(13(17)18)7-9-16(11-14)21(19,20)10-6-12-5-3-4-8-15-12/h3-5,8H,2,6-7,9-11H2,1H3,(H,17,18). The van der Waals surface area contributed by atoms with Gasteiger partial charge in [-0.3, -0.25) is 9.78 Å². The van der Waals surface area contributed by atoms with Crippen LogP contribution in [0.3, 0.4) is 0 Å². The van der Waals surface area contributed by atoms with Gasteiger partial charge in [0.2, 0.25) is 10.0 Å². The number of hydrogen-bond acceptors (Lipinski definition) is 4. The van der Waals surface area contributed by atoms with Gasteiger partial charge in [-0.15, -0.1) is 0 Å². The molecule has 0 aromatic carbocycles. The average Bonchev–Trinajstić information content (AvgIpc) is 2.93. The summed E-state index contributed by atoms with van der Waals surface area (Å²) < 4.78 is 26.0. The molecule has 1 N–H and O–H groups in total. The van der Waals surface area contributed by atoms with Crippen LogP contribution in [-0.2, 0) is 21.2 Å². The number of sulfonamides is 1. The molecule has 21 heavy (non-hydrogen) atoms. The van der Waals surface area contributed by atoms with Gasteiger partial charge in [0.15, 0.2) is 0 Å². The molecule has 116 valence electrons. The third-order valence-corrected chi connectivity index (χ3v) is 6.00. The largest absolute Gasteiger partial charge is 0.481 e. The quantitative estimate of drug-likeness (QED) is 0.851. The Hall–Kier alpha value is -1.47. The fourth-order valence-corrected chi connectivity index (χ4v) is 4.13. The van der Waals surface area contributed by atoms with Gasteiger partial charge in [0, 0.05) is 31.4 Å². The molecule has 0 radical (unpaired) electrons. The van der Waals surface area contributed by atoms with Crippen LogP contribution in [0.2, 0.25) is 0 Å². The number of aryl methyl sites for hydroxylation is 1. The Bertz CT molecular complexity index is 603. The van der Waals surface area contributed by atoms with E-state index in [1.165, 1.54) is 4.31 Å². The number of rotatable bonds is 6. The molecule has 0 amide bonds. The minimum Gasteiger partial charge on any atom is -0.481 e. The van der Waals surface area contributed by atoms with Crippen LogP contribution in [0.25, 0.3) is 0 Å². The van der Waals surface area contributed by atoms with Crippen molar-refractivity contribution in [2.45, 2.75) is 26.2 Å². The maximum atomic E-state index is 12.3. The van der Waals surface area contributed by atoms with Crippen molar-refractivity contribution in [3.05, 3.63) is 30.1 Å². The van der Waals surface area contributed by atoms with Crippen LogP contribution in [-0.4, -0.2) is 47.6 Å². The predicted molar refractivity (Wildman–Crippen MR) is 78.3 cm³/mol. The van der Waals surface area contributed by atoms with Crippen molar-refractivity contribution in [3.8, 4) is 0 Å². The number of hydrogen-bond donors (Lipinski definition) is 1. The normalized spacial score (nSPS) is 23.3. The van der Waals surface area contributed by atoms with E-state index in [2.05, 4.69) is 4.98 Å². The number of nitrogens with zero attached hydrogens (tertiary/aromatic N) is 2. The van der Waals surface area contributed by atoms with Crippen LogP contribution in [0.1, 0.15) is 25.5 Å². The number of carbonyl (C=O) groups is 1. The highest BCUT2D eigenvalue weighted by atomic mass is 32.2. The van der Waals surface area contributed by atoms with Crippen molar-refractivity contribution in [2.75, 3.05) is 18.8 Å². The molecule has 1 aromatic rings. The number of carboxylic acids is 1. The highest BCUT2D eigenvalue weighted by Gasteiger charge is 2.46. The van der Waals surface area contributed by atoms with Gasteiger partial charge in [-0.2, -0.15) is 0 Å². The second-order valence-corrected chi connectivity index (χ2v) is 7.50. The SMILES string of the molecule is CCC1(C(=O)O)CCN(S(=O)(=O)CCc2ccccn2)C1. The van der Waals surface area contributed by atoms with Gasteiger partial charge in [0.25, 0.3) is 0 Å². The minimum absolute atomic E-state index is 0.0383. The van der Waals surface area contributed by atoms with Crippen LogP contribution in [0, 0.1) is 5.41 Å². The molecule has 1 aliphatic heterocycles. The Morgan fingerprint density at radius 3 is 2.76 bits per heavy atom. The first kappa shape index (κ1) is 15.9. The van der Waals surface area contributed by atoms with Crippen LogP contribution < -0.4 is 0 Å². The summed E-state index contributed by atoms with van der Waals surface area (Å²) in [6.45, 7) is 2.15. The Balaban J connectivity index is 2.03. The lowest BCUT2D eigenvalue weighted by Crippen LogP contribution is -2.37. The first-order chi connectivity index (χ1) is 9.89. The van der Waals surface area contributed by atoms with Crippen LogP contribution in [0.4, 0.5) is 0 Å². The molecule has 0 spiro atoms. The summed E-state index contributed by atoms with van der Waals surface area (Å²) >= 11 is 0. The molecule has 7 heteroatoms. The molecular weight excluding hydrogens is 292 g/mol. The lowest BCUT2D eigenvalue weighted by Gasteiger charge is -2.22. The Morgan fingerprint density at radius 2 is 2.24 bits per heavy atom. The molecule has 0 bridgehead atoms. The third-order valence-electron chi connectivity index (χ3n) is 4.18. The Kier molecular flexibility index (Phi) is 4.63. The molecule has 1 aliphatic rings. The fourth-order valence-electron chi connectivity index (χ4n) is 2.59.